The molecule has 2 rings (SSSR count). The monoisotopic (exact) mass is 347 g/mol. The van der Waals surface area contributed by atoms with E-state index in [1.54, 1.807) is 13.8 Å². The largest absolute Gasteiger partial charge is 0.465 e. The first kappa shape index (κ1) is 18.4. The first-order valence-corrected chi connectivity index (χ1v) is 7.55. The zero-order valence-corrected chi connectivity index (χ0v) is 14.3. The van der Waals surface area contributed by atoms with E-state index >= 15 is 0 Å². The number of benzene rings is 1. The van der Waals surface area contributed by atoms with Crippen molar-refractivity contribution in [3.05, 3.63) is 58.2 Å². The van der Waals surface area contributed by atoms with Crippen LogP contribution in [-0.2, 0) is 9.47 Å². The van der Waals surface area contributed by atoms with E-state index in [1.165, 1.54) is 32.2 Å². The van der Waals surface area contributed by atoms with Crippen LogP contribution in [-0.4, -0.2) is 35.9 Å². The number of carbonyl (C=O) groups excluding carboxylic acids is 3. The highest BCUT2D eigenvalue weighted by Crippen LogP contribution is 2.21. The van der Waals surface area contributed by atoms with Crippen LogP contribution in [0.2, 0.25) is 0 Å². The van der Waals surface area contributed by atoms with Crippen LogP contribution in [0.25, 0.3) is 0 Å². The molecule has 0 bridgehead atoms. The first-order valence-electron chi connectivity index (χ1n) is 7.55. The van der Waals surface area contributed by atoms with E-state index in [9.17, 15) is 18.8 Å². The molecule has 1 unspecified atom stereocenters. The highest BCUT2D eigenvalue weighted by molar-refractivity contribution is 6.04. The van der Waals surface area contributed by atoms with Gasteiger partial charge in [0.2, 0.25) is 5.78 Å². The molecule has 0 spiro atoms. The summed E-state index contributed by atoms with van der Waals surface area (Å²) in [6.07, 6.45) is -1.16. The van der Waals surface area contributed by atoms with E-state index in [0.29, 0.717) is 11.3 Å². The van der Waals surface area contributed by atoms with Gasteiger partial charge in [-0.1, -0.05) is 12.1 Å². The second kappa shape index (κ2) is 7.29. The molecule has 1 aromatic carbocycles. The van der Waals surface area contributed by atoms with E-state index in [1.807, 2.05) is 0 Å². The van der Waals surface area contributed by atoms with Crippen LogP contribution in [0.1, 0.15) is 49.4 Å². The molecular weight excluding hydrogens is 329 g/mol. The molecule has 0 saturated carbocycles. The number of rotatable bonds is 5. The summed E-state index contributed by atoms with van der Waals surface area (Å²) >= 11 is 0. The van der Waals surface area contributed by atoms with Gasteiger partial charge in [-0.05, 0) is 38.5 Å². The molecule has 0 radical (unpaired) electrons. The maximum Gasteiger partial charge on any atom is 0.341 e. The van der Waals surface area contributed by atoms with Crippen LogP contribution >= 0.6 is 0 Å². The number of aromatic nitrogens is 1. The minimum absolute atomic E-state index is 0.145. The maximum atomic E-state index is 13.6. The third kappa shape index (κ3) is 3.60. The van der Waals surface area contributed by atoms with Crippen molar-refractivity contribution in [2.45, 2.75) is 26.9 Å². The lowest BCUT2D eigenvalue weighted by molar-refractivity contribution is 0.0312. The summed E-state index contributed by atoms with van der Waals surface area (Å²) in [5, 5.41) is 0. The van der Waals surface area contributed by atoms with Gasteiger partial charge in [-0.25, -0.2) is 14.0 Å². The molecule has 132 valence electrons. The fourth-order valence-electron chi connectivity index (χ4n) is 2.51. The number of ketones is 1. The molecule has 1 atom stereocenters. The number of Topliss-reactive ketones (excluding diaryl/α,β-unsaturated/α-hetero) is 1. The number of ether oxygens (including phenoxy) is 2. The first-order chi connectivity index (χ1) is 11.8. The molecular formula is C18H18FNO5. The number of hydrogen-bond acceptors (Lipinski definition) is 5. The van der Waals surface area contributed by atoms with Crippen molar-refractivity contribution in [2.75, 3.05) is 7.11 Å². The van der Waals surface area contributed by atoms with Gasteiger partial charge in [-0.2, -0.15) is 0 Å². The number of methoxy groups -OCH3 is 1. The topological polar surface area (TPSA) is 85.5 Å². The van der Waals surface area contributed by atoms with Crippen molar-refractivity contribution < 1.29 is 28.2 Å². The summed E-state index contributed by atoms with van der Waals surface area (Å²) < 4.78 is 23.4. The number of nitrogens with one attached hydrogen (secondary N) is 1. The summed E-state index contributed by atoms with van der Waals surface area (Å²) in [6.45, 7) is 4.61. The number of esters is 2. The summed E-state index contributed by atoms with van der Waals surface area (Å²) in [7, 11) is 1.24. The Labute approximate surface area is 143 Å². The van der Waals surface area contributed by atoms with Gasteiger partial charge in [0.15, 0.2) is 6.10 Å². The third-order valence-corrected chi connectivity index (χ3v) is 3.82. The Kier molecular flexibility index (Phi) is 5.36. The minimum Gasteiger partial charge on any atom is -0.465 e. The van der Waals surface area contributed by atoms with Crippen molar-refractivity contribution in [2.24, 2.45) is 0 Å². The Morgan fingerprint density at radius 2 is 1.76 bits per heavy atom. The van der Waals surface area contributed by atoms with Gasteiger partial charge in [0.1, 0.15) is 5.82 Å². The van der Waals surface area contributed by atoms with Crippen LogP contribution in [0, 0.1) is 19.7 Å². The van der Waals surface area contributed by atoms with Gasteiger partial charge >= 0.3 is 11.9 Å². The van der Waals surface area contributed by atoms with Crippen molar-refractivity contribution >= 4 is 17.7 Å². The highest BCUT2D eigenvalue weighted by Gasteiger charge is 2.28. The predicted octanol–water partition coefficient (Wildman–Crippen LogP) is 2.99. The Hall–Kier alpha value is -2.96. The zero-order chi connectivity index (χ0) is 18.7. The van der Waals surface area contributed by atoms with Crippen molar-refractivity contribution in [1.29, 1.82) is 0 Å². The van der Waals surface area contributed by atoms with Crippen molar-refractivity contribution in [3.63, 3.8) is 0 Å². The normalized spacial score (nSPS) is 11.7. The summed E-state index contributed by atoms with van der Waals surface area (Å²) in [5.41, 5.74) is 1.03. The van der Waals surface area contributed by atoms with E-state index in [2.05, 4.69) is 9.72 Å². The minimum atomic E-state index is -1.16. The van der Waals surface area contributed by atoms with E-state index in [0.717, 1.165) is 6.07 Å². The lowest BCUT2D eigenvalue weighted by atomic mass is 10.1. The predicted molar refractivity (Wildman–Crippen MR) is 87.2 cm³/mol. The Morgan fingerprint density at radius 3 is 2.36 bits per heavy atom. The number of carbonyl (C=O) groups is 3. The average Bonchev–Trinajstić information content (AvgIpc) is 2.88. The highest BCUT2D eigenvalue weighted by atomic mass is 19.1. The Balaban J connectivity index is 2.22. The van der Waals surface area contributed by atoms with Crippen LogP contribution < -0.4 is 0 Å². The lowest BCUT2D eigenvalue weighted by Crippen LogP contribution is -2.25. The second-order valence-electron chi connectivity index (χ2n) is 5.51. The zero-order valence-electron chi connectivity index (χ0n) is 14.3. The summed E-state index contributed by atoms with van der Waals surface area (Å²) in [4.78, 5) is 39.2. The van der Waals surface area contributed by atoms with E-state index in [-0.39, 0.29) is 16.8 Å². The van der Waals surface area contributed by atoms with Crippen LogP contribution in [0.3, 0.4) is 0 Å². The van der Waals surface area contributed by atoms with Crippen LogP contribution in [0.4, 0.5) is 4.39 Å². The van der Waals surface area contributed by atoms with Crippen molar-refractivity contribution in [1.82, 2.24) is 4.98 Å². The SMILES string of the molecule is COC(=O)c1c(C)[nH]c(C(=O)C(C)OC(=O)c2ccccc2F)c1C. The molecule has 0 fully saturated rings. The molecule has 7 heteroatoms. The quantitative estimate of drug-likeness (QED) is 0.664. The molecule has 0 aliphatic heterocycles. The van der Waals surface area contributed by atoms with Gasteiger partial charge in [-0.15, -0.1) is 0 Å². The van der Waals surface area contributed by atoms with Gasteiger partial charge in [0.05, 0.1) is 23.9 Å². The molecule has 25 heavy (non-hydrogen) atoms. The third-order valence-electron chi connectivity index (χ3n) is 3.82. The molecule has 2 aromatic rings. The van der Waals surface area contributed by atoms with E-state index < -0.39 is 29.6 Å². The molecule has 1 aromatic heterocycles. The fraction of sp³-hybridized carbons (Fsp3) is 0.278. The molecule has 1 heterocycles. The summed E-state index contributed by atoms with van der Waals surface area (Å²) in [5.74, 6) is -2.76. The van der Waals surface area contributed by atoms with Gasteiger partial charge < -0.3 is 14.5 Å². The molecule has 0 aliphatic rings. The number of aryl methyl sites for hydroxylation is 1. The smallest absolute Gasteiger partial charge is 0.341 e. The Morgan fingerprint density at radius 1 is 1.12 bits per heavy atom. The molecule has 6 nitrogen and oxygen atoms in total. The van der Waals surface area contributed by atoms with Crippen molar-refractivity contribution in [3.8, 4) is 0 Å². The fourth-order valence-corrected chi connectivity index (χ4v) is 2.51. The standard InChI is InChI=1S/C18H18FNO5/c1-9-14(18(23)24-4)10(2)20-15(9)16(21)11(3)25-17(22)12-7-5-6-8-13(12)19/h5-8,11,20H,1-4H3. The van der Waals surface area contributed by atoms with Gasteiger partial charge in [-0.3, -0.25) is 4.79 Å². The number of H-pyrrole nitrogens is 1. The maximum absolute atomic E-state index is 13.6. The van der Waals surface area contributed by atoms with Gasteiger partial charge in [0.25, 0.3) is 0 Å². The molecule has 1 N–H and O–H groups in total. The summed E-state index contributed by atoms with van der Waals surface area (Å²) in [6, 6.07) is 5.34. The number of halogens is 1. The number of hydrogen-bond donors (Lipinski definition) is 1. The molecule has 0 aliphatic carbocycles. The second-order valence-corrected chi connectivity index (χ2v) is 5.51. The van der Waals surface area contributed by atoms with Gasteiger partial charge in [0, 0.05) is 5.69 Å². The number of aromatic amines is 1. The molecule has 0 saturated heterocycles. The van der Waals surface area contributed by atoms with Crippen LogP contribution in [0.15, 0.2) is 24.3 Å². The lowest BCUT2D eigenvalue weighted by Gasteiger charge is -2.12. The average molecular weight is 347 g/mol. The van der Waals surface area contributed by atoms with Crippen LogP contribution in [0.5, 0.6) is 0 Å². The molecule has 0 amide bonds. The van der Waals surface area contributed by atoms with E-state index in [4.69, 9.17) is 4.74 Å². The Bertz CT molecular complexity index is 840.